The van der Waals surface area contributed by atoms with Crippen LogP contribution in [0.15, 0.2) is 42.6 Å². The molecule has 1 aliphatic rings. The average molecular weight is 358 g/mol. The van der Waals surface area contributed by atoms with Crippen LogP contribution < -0.4 is 5.73 Å². The molecule has 2 heterocycles. The van der Waals surface area contributed by atoms with E-state index in [1.807, 2.05) is 6.92 Å². The highest BCUT2D eigenvalue weighted by Crippen LogP contribution is 2.23. The molecule has 0 unspecified atom stereocenters. The first-order valence-corrected chi connectivity index (χ1v) is 8.53. The van der Waals surface area contributed by atoms with Gasteiger partial charge in [-0.1, -0.05) is 12.1 Å². The van der Waals surface area contributed by atoms with Crippen LogP contribution in [0.1, 0.15) is 18.9 Å². The van der Waals surface area contributed by atoms with Crippen LogP contribution in [0.3, 0.4) is 0 Å². The Morgan fingerprint density at radius 1 is 1.38 bits per heavy atom. The van der Waals surface area contributed by atoms with Gasteiger partial charge in [0.05, 0.1) is 18.7 Å². The molecule has 6 nitrogen and oxygen atoms in total. The molecule has 2 N–H and O–H groups in total. The molecule has 2 atom stereocenters. The summed E-state index contributed by atoms with van der Waals surface area (Å²) in [6.45, 7) is 2.94. The Bertz CT molecular complexity index is 800. The van der Waals surface area contributed by atoms with Gasteiger partial charge in [0.1, 0.15) is 11.6 Å². The van der Waals surface area contributed by atoms with Crippen LogP contribution in [0.5, 0.6) is 0 Å². The summed E-state index contributed by atoms with van der Waals surface area (Å²) in [5.41, 5.74) is 7.28. The first-order valence-electron chi connectivity index (χ1n) is 8.53. The number of carbonyl (C=O) groups is 1. The summed E-state index contributed by atoms with van der Waals surface area (Å²) in [6, 6.07) is 7.82. The van der Waals surface area contributed by atoms with Gasteiger partial charge in [-0.15, -0.1) is 0 Å². The number of allylic oxidation sites excluding steroid dienone is 1. The number of likely N-dealkylation sites (tertiary alicyclic amines) is 1. The van der Waals surface area contributed by atoms with E-state index in [2.05, 4.69) is 5.10 Å². The molecule has 1 fully saturated rings. The van der Waals surface area contributed by atoms with Crippen molar-refractivity contribution in [2.45, 2.75) is 32.0 Å². The van der Waals surface area contributed by atoms with Gasteiger partial charge in [0.2, 0.25) is 5.91 Å². The molecular weight excluding hydrogens is 335 g/mol. The number of rotatable bonds is 5. The molecule has 0 saturated carbocycles. The highest BCUT2D eigenvalue weighted by molar-refractivity contribution is 5.95. The number of methoxy groups -OCH3 is 1. The maximum Gasteiger partial charge on any atom is 0.247 e. The smallest absolute Gasteiger partial charge is 0.247 e. The van der Waals surface area contributed by atoms with Crippen molar-refractivity contribution in [2.24, 2.45) is 0 Å². The number of nitrogens with zero attached hydrogens (tertiary/aromatic N) is 3. The van der Waals surface area contributed by atoms with E-state index < -0.39 is 0 Å². The fourth-order valence-electron chi connectivity index (χ4n) is 3.25. The zero-order valence-electron chi connectivity index (χ0n) is 14.9. The predicted octanol–water partition coefficient (Wildman–Crippen LogP) is 2.32. The molecular formula is C19H23FN4O2. The Morgan fingerprint density at radius 2 is 2.12 bits per heavy atom. The van der Waals surface area contributed by atoms with Gasteiger partial charge in [0, 0.05) is 25.9 Å². The Labute approximate surface area is 152 Å². The summed E-state index contributed by atoms with van der Waals surface area (Å²) in [5, 5.41) is 4.20. The van der Waals surface area contributed by atoms with E-state index in [-0.39, 0.29) is 23.9 Å². The molecule has 0 spiro atoms. The van der Waals surface area contributed by atoms with Gasteiger partial charge in [0.15, 0.2) is 0 Å². The van der Waals surface area contributed by atoms with Crippen molar-refractivity contribution >= 4 is 17.3 Å². The minimum atomic E-state index is -0.297. The maximum atomic E-state index is 13.1. The second kappa shape index (κ2) is 7.70. The van der Waals surface area contributed by atoms with Gasteiger partial charge >= 0.3 is 0 Å². The van der Waals surface area contributed by atoms with Crippen LogP contribution >= 0.6 is 0 Å². The number of aromatic nitrogens is 2. The van der Waals surface area contributed by atoms with Crippen molar-refractivity contribution in [1.82, 2.24) is 14.7 Å². The van der Waals surface area contributed by atoms with Crippen molar-refractivity contribution in [3.8, 4) is 0 Å². The number of hydrogen-bond donors (Lipinski definition) is 1. The molecule has 1 aromatic heterocycles. The first kappa shape index (κ1) is 18.1. The number of benzene rings is 1. The summed E-state index contributed by atoms with van der Waals surface area (Å²) < 4.78 is 20.3. The van der Waals surface area contributed by atoms with Crippen LogP contribution in [0.25, 0.3) is 5.57 Å². The van der Waals surface area contributed by atoms with Crippen molar-refractivity contribution in [1.29, 1.82) is 0 Å². The minimum absolute atomic E-state index is 0.00335. The van der Waals surface area contributed by atoms with E-state index in [4.69, 9.17) is 10.5 Å². The lowest BCUT2D eigenvalue weighted by molar-refractivity contribution is -0.127. The van der Waals surface area contributed by atoms with Crippen LogP contribution in [-0.4, -0.2) is 46.4 Å². The highest BCUT2D eigenvalue weighted by Gasteiger charge is 2.35. The molecule has 1 aliphatic heterocycles. The largest absolute Gasteiger partial charge is 0.382 e. The molecule has 2 aromatic rings. The SMILES string of the molecule is CO[C@@H]1C[C@@H](Cn2ccc(N)n2)N(C(=O)/C=C(\C)c2ccc(F)cc2)C1. The highest BCUT2D eigenvalue weighted by atomic mass is 19.1. The van der Waals surface area contributed by atoms with Gasteiger partial charge < -0.3 is 15.4 Å². The number of hydrogen-bond acceptors (Lipinski definition) is 4. The van der Waals surface area contributed by atoms with E-state index in [1.54, 1.807) is 47.2 Å². The molecule has 0 bridgehead atoms. The van der Waals surface area contributed by atoms with E-state index in [9.17, 15) is 9.18 Å². The van der Waals surface area contributed by atoms with Crippen molar-refractivity contribution in [2.75, 3.05) is 19.4 Å². The fraction of sp³-hybridized carbons (Fsp3) is 0.368. The third-order valence-electron chi connectivity index (χ3n) is 4.69. The number of amides is 1. The minimum Gasteiger partial charge on any atom is -0.382 e. The lowest BCUT2D eigenvalue weighted by Gasteiger charge is -2.23. The van der Waals surface area contributed by atoms with Gasteiger partial charge in [-0.3, -0.25) is 9.48 Å². The van der Waals surface area contributed by atoms with Crippen LogP contribution in [0, 0.1) is 5.82 Å². The number of anilines is 1. The topological polar surface area (TPSA) is 73.4 Å². The Balaban J connectivity index is 1.76. The predicted molar refractivity (Wildman–Crippen MR) is 97.6 cm³/mol. The molecule has 0 radical (unpaired) electrons. The number of nitrogen functional groups attached to an aromatic ring is 1. The number of ether oxygens (including phenoxy) is 1. The standard InChI is InChI=1S/C19H23FN4O2/c1-13(14-3-5-15(20)6-4-14)9-19(25)24-12-17(26-2)10-16(24)11-23-8-7-18(21)22-23/h3-9,16-17H,10-12H2,1-2H3,(H2,21,22)/b13-9+/t16-,17+/m0/s1. The average Bonchev–Trinajstić information content (AvgIpc) is 3.21. The number of halogens is 1. The Kier molecular flexibility index (Phi) is 5.37. The van der Waals surface area contributed by atoms with Gasteiger partial charge in [-0.2, -0.15) is 5.10 Å². The molecule has 138 valence electrons. The number of nitrogens with two attached hydrogens (primary N) is 1. The molecule has 1 amide bonds. The summed E-state index contributed by atoms with van der Waals surface area (Å²) in [4.78, 5) is 14.6. The zero-order chi connectivity index (χ0) is 18.7. The van der Waals surface area contributed by atoms with Crippen molar-refractivity contribution in [3.05, 3.63) is 54.0 Å². The van der Waals surface area contributed by atoms with Gasteiger partial charge in [-0.25, -0.2) is 4.39 Å². The molecule has 7 heteroatoms. The van der Waals surface area contributed by atoms with Crippen molar-refractivity contribution < 1.29 is 13.9 Å². The summed E-state index contributed by atoms with van der Waals surface area (Å²) in [6.07, 6.45) is 4.13. The van der Waals surface area contributed by atoms with Crippen LogP contribution in [0.2, 0.25) is 0 Å². The summed E-state index contributed by atoms with van der Waals surface area (Å²) in [7, 11) is 1.65. The quantitative estimate of drug-likeness (QED) is 0.833. The molecule has 1 saturated heterocycles. The van der Waals surface area contributed by atoms with E-state index in [0.717, 1.165) is 17.6 Å². The van der Waals surface area contributed by atoms with Crippen molar-refractivity contribution in [3.63, 3.8) is 0 Å². The molecule has 3 rings (SSSR count). The Morgan fingerprint density at radius 3 is 2.73 bits per heavy atom. The fourth-order valence-corrected chi connectivity index (χ4v) is 3.25. The maximum absolute atomic E-state index is 13.1. The normalized spacial score (nSPS) is 20.6. The third-order valence-corrected chi connectivity index (χ3v) is 4.69. The second-order valence-electron chi connectivity index (χ2n) is 6.53. The lowest BCUT2D eigenvalue weighted by Crippen LogP contribution is -2.37. The summed E-state index contributed by atoms with van der Waals surface area (Å²) in [5.74, 6) is 0.0710. The molecule has 26 heavy (non-hydrogen) atoms. The second-order valence-corrected chi connectivity index (χ2v) is 6.53. The number of carbonyl (C=O) groups excluding carboxylic acids is 1. The Hall–Kier alpha value is -2.67. The monoisotopic (exact) mass is 358 g/mol. The molecule has 1 aromatic carbocycles. The lowest BCUT2D eigenvalue weighted by atomic mass is 10.1. The van der Waals surface area contributed by atoms with Crippen LogP contribution in [-0.2, 0) is 16.1 Å². The van der Waals surface area contributed by atoms with E-state index in [0.29, 0.717) is 18.9 Å². The van der Waals surface area contributed by atoms with Gasteiger partial charge in [-0.05, 0) is 42.7 Å². The van der Waals surface area contributed by atoms with Crippen LogP contribution in [0.4, 0.5) is 10.2 Å². The first-order chi connectivity index (χ1) is 12.5. The zero-order valence-corrected chi connectivity index (χ0v) is 14.9. The molecule has 0 aliphatic carbocycles. The van der Waals surface area contributed by atoms with E-state index in [1.165, 1.54) is 12.1 Å². The van der Waals surface area contributed by atoms with Gasteiger partial charge in [0.25, 0.3) is 0 Å². The van der Waals surface area contributed by atoms with E-state index >= 15 is 0 Å². The third kappa shape index (κ3) is 4.11. The summed E-state index contributed by atoms with van der Waals surface area (Å²) >= 11 is 0.